The van der Waals surface area contributed by atoms with Gasteiger partial charge in [-0.3, -0.25) is 14.4 Å². The minimum Gasteiger partial charge on any atom is -0.341 e. The van der Waals surface area contributed by atoms with Crippen molar-refractivity contribution in [3.63, 3.8) is 0 Å². The van der Waals surface area contributed by atoms with Gasteiger partial charge in [0.15, 0.2) is 0 Å². The molecular formula is C26H43N5O3. The van der Waals surface area contributed by atoms with E-state index in [0.29, 0.717) is 31.8 Å². The van der Waals surface area contributed by atoms with Gasteiger partial charge in [0, 0.05) is 59.0 Å². The minimum absolute atomic E-state index is 0.0667. The molecule has 0 aromatic carbocycles. The van der Waals surface area contributed by atoms with Gasteiger partial charge in [-0.1, -0.05) is 27.7 Å². The third-order valence-corrected chi connectivity index (χ3v) is 7.30. The lowest BCUT2D eigenvalue weighted by Crippen LogP contribution is -2.63. The summed E-state index contributed by atoms with van der Waals surface area (Å²) in [6, 6.07) is -0.931. The van der Waals surface area contributed by atoms with E-state index in [2.05, 4.69) is 37.2 Å². The summed E-state index contributed by atoms with van der Waals surface area (Å²) in [5.41, 5.74) is 0. The summed E-state index contributed by atoms with van der Waals surface area (Å²) in [6.45, 7) is 12.2. The largest absolute Gasteiger partial charge is 0.341 e. The lowest BCUT2D eigenvalue weighted by Gasteiger charge is -2.45. The van der Waals surface area contributed by atoms with Gasteiger partial charge in [0.25, 0.3) is 0 Å². The number of piperidine rings is 1. The summed E-state index contributed by atoms with van der Waals surface area (Å²) >= 11 is 0. The van der Waals surface area contributed by atoms with E-state index in [9.17, 15) is 14.4 Å². The van der Waals surface area contributed by atoms with Crippen LogP contribution in [-0.4, -0.2) is 80.2 Å². The Morgan fingerprint density at radius 1 is 1.06 bits per heavy atom. The molecule has 34 heavy (non-hydrogen) atoms. The molecular weight excluding hydrogens is 430 g/mol. The fourth-order valence-corrected chi connectivity index (χ4v) is 5.39. The van der Waals surface area contributed by atoms with Gasteiger partial charge in [0.05, 0.1) is 0 Å². The van der Waals surface area contributed by atoms with Crippen molar-refractivity contribution in [3.05, 3.63) is 18.2 Å². The van der Waals surface area contributed by atoms with Gasteiger partial charge in [0.2, 0.25) is 17.7 Å². The molecule has 2 aliphatic heterocycles. The van der Waals surface area contributed by atoms with Crippen molar-refractivity contribution < 1.29 is 14.4 Å². The summed E-state index contributed by atoms with van der Waals surface area (Å²) in [5.74, 6) is 2.11. The molecule has 0 bridgehead atoms. The smallest absolute Gasteiger partial charge is 0.246 e. The van der Waals surface area contributed by atoms with Crippen LogP contribution in [0.15, 0.2) is 12.4 Å². The number of carbonyl (C=O) groups is 3. The monoisotopic (exact) mass is 473 g/mol. The Kier molecular flexibility index (Phi) is 8.77. The third kappa shape index (κ3) is 6.19. The molecule has 8 nitrogen and oxygen atoms in total. The number of hydrogen-bond acceptors (Lipinski definition) is 4. The molecule has 2 saturated heterocycles. The topological polar surface area (TPSA) is 78.8 Å². The molecule has 0 radical (unpaired) electrons. The highest BCUT2D eigenvalue weighted by Crippen LogP contribution is 2.27. The van der Waals surface area contributed by atoms with Crippen molar-refractivity contribution in [1.82, 2.24) is 24.3 Å². The van der Waals surface area contributed by atoms with E-state index in [4.69, 9.17) is 0 Å². The van der Waals surface area contributed by atoms with E-state index in [-0.39, 0.29) is 29.6 Å². The van der Waals surface area contributed by atoms with Crippen LogP contribution in [0.4, 0.5) is 0 Å². The Morgan fingerprint density at radius 2 is 1.74 bits per heavy atom. The van der Waals surface area contributed by atoms with Crippen molar-refractivity contribution in [2.45, 2.75) is 78.8 Å². The number of carbonyl (C=O) groups excluding carboxylic acids is 3. The van der Waals surface area contributed by atoms with Crippen molar-refractivity contribution in [2.24, 2.45) is 24.8 Å². The maximum absolute atomic E-state index is 13.7. The summed E-state index contributed by atoms with van der Waals surface area (Å²) in [7, 11) is 2.02. The zero-order valence-electron chi connectivity index (χ0n) is 21.9. The van der Waals surface area contributed by atoms with Gasteiger partial charge >= 0.3 is 0 Å². The number of aryl methyl sites for hydroxylation is 1. The number of imidazole rings is 1. The Balaban J connectivity index is 1.70. The first-order valence-corrected chi connectivity index (χ1v) is 12.9. The van der Waals surface area contributed by atoms with Gasteiger partial charge in [0.1, 0.15) is 17.9 Å². The van der Waals surface area contributed by atoms with Crippen LogP contribution in [-0.2, 0) is 27.9 Å². The van der Waals surface area contributed by atoms with Gasteiger partial charge in [-0.25, -0.2) is 4.98 Å². The number of piperazine rings is 1. The fraction of sp³-hybridized carbons (Fsp3) is 0.769. The molecule has 2 aliphatic rings. The second kappa shape index (κ2) is 11.4. The van der Waals surface area contributed by atoms with Gasteiger partial charge in [-0.05, 0) is 43.4 Å². The molecule has 2 fully saturated rings. The SMILES string of the molecule is CC(=O)N1CCN([C@@H](CC(C)C)C(=O)N2CCC(Cc3nccn3C)CC2)C(=O)[C@@H]1CC(C)C. The van der Waals surface area contributed by atoms with E-state index in [1.807, 2.05) is 24.3 Å². The molecule has 3 rings (SSSR count). The highest BCUT2D eigenvalue weighted by atomic mass is 16.2. The van der Waals surface area contributed by atoms with E-state index in [0.717, 1.165) is 38.2 Å². The third-order valence-electron chi connectivity index (χ3n) is 7.30. The Labute approximate surface area is 204 Å². The van der Waals surface area contributed by atoms with Crippen LogP contribution >= 0.6 is 0 Å². The van der Waals surface area contributed by atoms with Crippen molar-refractivity contribution in [3.8, 4) is 0 Å². The normalized spacial score (nSPS) is 21.0. The Morgan fingerprint density at radius 3 is 2.26 bits per heavy atom. The number of hydrogen-bond donors (Lipinski definition) is 0. The first-order valence-electron chi connectivity index (χ1n) is 12.9. The number of amides is 3. The maximum Gasteiger partial charge on any atom is 0.246 e. The van der Waals surface area contributed by atoms with Crippen LogP contribution in [0.3, 0.4) is 0 Å². The molecule has 0 spiro atoms. The summed E-state index contributed by atoms with van der Waals surface area (Å²) in [4.78, 5) is 49.4. The predicted molar refractivity (Wildman–Crippen MR) is 132 cm³/mol. The van der Waals surface area contributed by atoms with Crippen molar-refractivity contribution >= 4 is 17.7 Å². The molecule has 0 unspecified atom stereocenters. The summed E-state index contributed by atoms with van der Waals surface area (Å²) < 4.78 is 2.07. The molecule has 1 aromatic rings. The Bertz CT molecular complexity index is 856. The predicted octanol–water partition coefficient (Wildman–Crippen LogP) is 2.72. The number of likely N-dealkylation sites (tertiary alicyclic amines) is 1. The summed E-state index contributed by atoms with van der Waals surface area (Å²) in [5, 5.41) is 0. The van der Waals surface area contributed by atoms with Crippen LogP contribution < -0.4 is 0 Å². The van der Waals surface area contributed by atoms with Crippen LogP contribution in [0.5, 0.6) is 0 Å². The van der Waals surface area contributed by atoms with Gasteiger partial charge in [-0.15, -0.1) is 0 Å². The standard InChI is InChI=1S/C26H43N5O3/c1-18(2)15-22(31-14-13-30(20(5)32)23(26(31)34)16-19(3)4)25(33)29-10-7-21(8-11-29)17-24-27-9-12-28(24)6/h9,12,18-19,21-23H,7-8,10-11,13-17H2,1-6H3/t22-,23-/m0/s1. The highest BCUT2D eigenvalue weighted by Gasteiger charge is 2.42. The fourth-order valence-electron chi connectivity index (χ4n) is 5.39. The first-order chi connectivity index (χ1) is 16.1. The molecule has 2 atom stereocenters. The number of aromatic nitrogens is 2. The average molecular weight is 474 g/mol. The number of rotatable bonds is 8. The van der Waals surface area contributed by atoms with Crippen molar-refractivity contribution in [2.75, 3.05) is 26.2 Å². The highest BCUT2D eigenvalue weighted by molar-refractivity contribution is 5.92. The lowest BCUT2D eigenvalue weighted by atomic mass is 9.91. The van der Waals surface area contributed by atoms with Gasteiger partial charge < -0.3 is 19.3 Å². The number of nitrogens with zero attached hydrogens (tertiary/aromatic N) is 5. The molecule has 8 heteroatoms. The molecule has 0 aliphatic carbocycles. The van der Waals surface area contributed by atoms with Crippen LogP contribution in [0, 0.1) is 17.8 Å². The minimum atomic E-state index is -0.475. The van der Waals surface area contributed by atoms with Crippen molar-refractivity contribution in [1.29, 1.82) is 0 Å². The summed E-state index contributed by atoms with van der Waals surface area (Å²) in [6.07, 6.45) is 7.91. The van der Waals surface area contributed by atoms with Crippen LogP contribution in [0.2, 0.25) is 0 Å². The lowest BCUT2D eigenvalue weighted by molar-refractivity contribution is -0.158. The molecule has 3 amide bonds. The average Bonchev–Trinajstić information content (AvgIpc) is 3.17. The van der Waals surface area contributed by atoms with Gasteiger partial charge in [-0.2, -0.15) is 0 Å². The zero-order valence-corrected chi connectivity index (χ0v) is 21.9. The van der Waals surface area contributed by atoms with Crippen LogP contribution in [0.25, 0.3) is 0 Å². The molecule has 1 aromatic heterocycles. The second-order valence-electron chi connectivity index (χ2n) is 11.0. The maximum atomic E-state index is 13.7. The zero-order chi connectivity index (χ0) is 25.0. The quantitative estimate of drug-likeness (QED) is 0.582. The molecule has 3 heterocycles. The second-order valence-corrected chi connectivity index (χ2v) is 11.0. The first kappa shape index (κ1) is 26.2. The van der Waals surface area contributed by atoms with E-state index in [1.165, 1.54) is 6.92 Å². The van der Waals surface area contributed by atoms with E-state index >= 15 is 0 Å². The Hall–Kier alpha value is -2.38. The van der Waals surface area contributed by atoms with Crippen LogP contribution in [0.1, 0.15) is 66.1 Å². The van der Waals surface area contributed by atoms with E-state index in [1.54, 1.807) is 9.80 Å². The van der Waals surface area contributed by atoms with E-state index < -0.39 is 12.1 Å². The molecule has 190 valence electrons. The molecule has 0 saturated carbocycles. The molecule has 0 N–H and O–H groups in total.